The van der Waals surface area contributed by atoms with Crippen LogP contribution in [0.4, 0.5) is 0 Å². The van der Waals surface area contributed by atoms with Gasteiger partial charge in [0.15, 0.2) is 11.3 Å². The normalized spacial score (nSPS) is 22.9. The highest BCUT2D eigenvalue weighted by Crippen LogP contribution is 2.20. The van der Waals surface area contributed by atoms with Gasteiger partial charge >= 0.3 is 5.97 Å². The minimum absolute atomic E-state index is 0.0184. The number of aryl methyl sites for hydroxylation is 1. The van der Waals surface area contributed by atoms with Crippen molar-refractivity contribution in [3.63, 3.8) is 0 Å². The predicted molar refractivity (Wildman–Crippen MR) is 61.4 cm³/mol. The van der Waals surface area contributed by atoms with Crippen molar-refractivity contribution in [2.45, 2.75) is 25.3 Å². The van der Waals surface area contributed by atoms with Crippen molar-refractivity contribution in [1.82, 2.24) is 5.32 Å². The molecular weight excluding hydrogens is 238 g/mol. The first kappa shape index (κ1) is 12.6. The zero-order chi connectivity index (χ0) is 13.2. The SMILES string of the molecule is CCc1ccc(C(=O)NC2(C(=O)O)CCOC2)o1. The number of nitrogens with one attached hydrogen (secondary N) is 1. The van der Waals surface area contributed by atoms with Crippen LogP contribution < -0.4 is 5.32 Å². The minimum atomic E-state index is -1.34. The van der Waals surface area contributed by atoms with Crippen LogP contribution in [0.1, 0.15) is 29.7 Å². The fourth-order valence-electron chi connectivity index (χ4n) is 1.85. The number of furan rings is 1. The summed E-state index contributed by atoms with van der Waals surface area (Å²) in [5.41, 5.74) is -1.34. The molecule has 1 aliphatic rings. The Hall–Kier alpha value is -1.82. The lowest BCUT2D eigenvalue weighted by Crippen LogP contribution is -2.55. The molecule has 98 valence electrons. The van der Waals surface area contributed by atoms with Crippen LogP contribution in [0.2, 0.25) is 0 Å². The van der Waals surface area contributed by atoms with E-state index in [2.05, 4.69) is 5.32 Å². The lowest BCUT2D eigenvalue weighted by atomic mass is 9.99. The van der Waals surface area contributed by atoms with Crippen molar-refractivity contribution in [2.75, 3.05) is 13.2 Å². The van der Waals surface area contributed by atoms with Crippen LogP contribution in [0.15, 0.2) is 16.5 Å². The zero-order valence-electron chi connectivity index (χ0n) is 10.1. The first-order chi connectivity index (χ1) is 8.57. The fourth-order valence-corrected chi connectivity index (χ4v) is 1.85. The molecule has 1 aromatic rings. The molecule has 0 aromatic carbocycles. The van der Waals surface area contributed by atoms with Gasteiger partial charge in [-0.3, -0.25) is 4.79 Å². The van der Waals surface area contributed by atoms with E-state index >= 15 is 0 Å². The number of aliphatic carboxylic acids is 1. The highest BCUT2D eigenvalue weighted by Gasteiger charge is 2.44. The Labute approximate surface area is 104 Å². The van der Waals surface area contributed by atoms with Gasteiger partial charge in [0.2, 0.25) is 0 Å². The Morgan fingerprint density at radius 2 is 2.28 bits per heavy atom. The van der Waals surface area contributed by atoms with E-state index in [0.29, 0.717) is 18.8 Å². The van der Waals surface area contributed by atoms with E-state index in [0.717, 1.165) is 0 Å². The molecule has 6 heteroatoms. The van der Waals surface area contributed by atoms with Crippen molar-refractivity contribution in [3.05, 3.63) is 23.7 Å². The Bertz CT molecular complexity index is 459. The van der Waals surface area contributed by atoms with E-state index in [-0.39, 0.29) is 18.8 Å². The monoisotopic (exact) mass is 253 g/mol. The average molecular weight is 253 g/mol. The second-order valence-corrected chi connectivity index (χ2v) is 4.26. The molecule has 1 aliphatic heterocycles. The molecule has 1 aromatic heterocycles. The van der Waals surface area contributed by atoms with Crippen molar-refractivity contribution >= 4 is 11.9 Å². The van der Waals surface area contributed by atoms with E-state index in [1.165, 1.54) is 0 Å². The van der Waals surface area contributed by atoms with Crippen LogP contribution in [0.25, 0.3) is 0 Å². The Morgan fingerprint density at radius 1 is 1.50 bits per heavy atom. The van der Waals surface area contributed by atoms with Gasteiger partial charge in [-0.1, -0.05) is 6.92 Å². The van der Waals surface area contributed by atoms with E-state index in [1.807, 2.05) is 6.92 Å². The van der Waals surface area contributed by atoms with Crippen LogP contribution in [0.5, 0.6) is 0 Å². The van der Waals surface area contributed by atoms with Gasteiger partial charge in [-0.25, -0.2) is 4.79 Å². The Balaban J connectivity index is 2.12. The molecular formula is C12H15NO5. The second kappa shape index (κ2) is 4.81. The van der Waals surface area contributed by atoms with Crippen molar-refractivity contribution in [2.24, 2.45) is 0 Å². The molecule has 1 atom stereocenters. The van der Waals surface area contributed by atoms with Gasteiger partial charge in [0.05, 0.1) is 6.61 Å². The maximum atomic E-state index is 11.9. The molecule has 0 saturated carbocycles. The first-order valence-corrected chi connectivity index (χ1v) is 5.80. The average Bonchev–Trinajstić information content (AvgIpc) is 2.97. The molecule has 0 aliphatic carbocycles. The Morgan fingerprint density at radius 3 is 2.78 bits per heavy atom. The molecule has 1 unspecified atom stereocenters. The quantitative estimate of drug-likeness (QED) is 0.829. The first-order valence-electron chi connectivity index (χ1n) is 5.80. The van der Waals surface area contributed by atoms with E-state index < -0.39 is 17.4 Å². The Kier molecular flexibility index (Phi) is 3.38. The van der Waals surface area contributed by atoms with E-state index in [4.69, 9.17) is 9.15 Å². The van der Waals surface area contributed by atoms with E-state index in [1.54, 1.807) is 12.1 Å². The molecule has 0 spiro atoms. The van der Waals surface area contributed by atoms with Gasteiger partial charge in [0, 0.05) is 19.4 Å². The molecule has 6 nitrogen and oxygen atoms in total. The number of carboxylic acid groups (broad SMARTS) is 1. The number of ether oxygens (including phenoxy) is 1. The highest BCUT2D eigenvalue weighted by atomic mass is 16.5. The van der Waals surface area contributed by atoms with Gasteiger partial charge < -0.3 is 19.6 Å². The molecule has 1 saturated heterocycles. The summed E-state index contributed by atoms with van der Waals surface area (Å²) in [7, 11) is 0. The lowest BCUT2D eigenvalue weighted by Gasteiger charge is -2.22. The van der Waals surface area contributed by atoms with Crippen molar-refractivity contribution in [3.8, 4) is 0 Å². The van der Waals surface area contributed by atoms with Crippen molar-refractivity contribution < 1.29 is 23.8 Å². The number of carbonyl (C=O) groups excluding carboxylic acids is 1. The molecule has 0 radical (unpaired) electrons. The number of hydrogen-bond donors (Lipinski definition) is 2. The summed E-state index contributed by atoms with van der Waals surface area (Å²) in [4.78, 5) is 23.1. The predicted octanol–water partition coefficient (Wildman–Crippen LogP) is 0.815. The van der Waals surface area contributed by atoms with Crippen LogP contribution in [-0.4, -0.2) is 35.7 Å². The van der Waals surface area contributed by atoms with Gasteiger partial charge in [0.25, 0.3) is 5.91 Å². The number of carbonyl (C=O) groups is 2. The summed E-state index contributed by atoms with van der Waals surface area (Å²) in [6.45, 7) is 2.21. The smallest absolute Gasteiger partial charge is 0.331 e. The summed E-state index contributed by atoms with van der Waals surface area (Å²) < 4.78 is 10.3. The molecule has 2 rings (SSSR count). The number of amides is 1. The number of carboxylic acids is 1. The van der Waals surface area contributed by atoms with Crippen LogP contribution >= 0.6 is 0 Å². The fraction of sp³-hybridized carbons (Fsp3) is 0.500. The molecule has 0 bridgehead atoms. The number of hydrogen-bond acceptors (Lipinski definition) is 4. The molecule has 18 heavy (non-hydrogen) atoms. The maximum absolute atomic E-state index is 11.9. The summed E-state index contributed by atoms with van der Waals surface area (Å²) in [6.07, 6.45) is 0.940. The standard InChI is InChI=1S/C12H15NO5/c1-2-8-3-4-9(18-8)10(14)13-12(11(15)16)5-6-17-7-12/h3-4H,2,5-7H2,1H3,(H,13,14)(H,15,16). The molecule has 1 fully saturated rings. The number of rotatable bonds is 4. The zero-order valence-corrected chi connectivity index (χ0v) is 10.1. The summed E-state index contributed by atoms with van der Waals surface area (Å²) in [6, 6.07) is 3.24. The lowest BCUT2D eigenvalue weighted by molar-refractivity contribution is -0.144. The highest BCUT2D eigenvalue weighted by molar-refractivity contribution is 5.96. The van der Waals surface area contributed by atoms with Gasteiger partial charge in [-0.05, 0) is 12.1 Å². The van der Waals surface area contributed by atoms with Crippen molar-refractivity contribution in [1.29, 1.82) is 0 Å². The summed E-state index contributed by atoms with van der Waals surface area (Å²) >= 11 is 0. The minimum Gasteiger partial charge on any atom is -0.479 e. The van der Waals surface area contributed by atoms with E-state index in [9.17, 15) is 14.7 Å². The second-order valence-electron chi connectivity index (χ2n) is 4.26. The van der Waals surface area contributed by atoms with Gasteiger partial charge in [-0.15, -0.1) is 0 Å². The van der Waals surface area contributed by atoms with Crippen LogP contribution in [-0.2, 0) is 16.0 Å². The third kappa shape index (κ3) is 2.24. The third-order valence-electron chi connectivity index (χ3n) is 3.02. The molecule has 2 N–H and O–H groups in total. The maximum Gasteiger partial charge on any atom is 0.331 e. The topological polar surface area (TPSA) is 88.8 Å². The summed E-state index contributed by atoms with van der Waals surface area (Å²) in [5.74, 6) is -0.801. The summed E-state index contributed by atoms with van der Waals surface area (Å²) in [5, 5.41) is 11.7. The van der Waals surface area contributed by atoms with Crippen LogP contribution in [0, 0.1) is 0 Å². The van der Waals surface area contributed by atoms with Gasteiger partial charge in [-0.2, -0.15) is 0 Å². The molecule has 2 heterocycles. The third-order valence-corrected chi connectivity index (χ3v) is 3.02. The molecule has 1 amide bonds. The van der Waals surface area contributed by atoms with Crippen LogP contribution in [0.3, 0.4) is 0 Å². The van der Waals surface area contributed by atoms with Gasteiger partial charge in [0.1, 0.15) is 5.76 Å². The largest absolute Gasteiger partial charge is 0.479 e.